The number of halogens is 1. The van der Waals surface area contributed by atoms with E-state index in [-0.39, 0.29) is 17.5 Å². The molecule has 0 aliphatic carbocycles. The molecule has 2 atom stereocenters. The van der Waals surface area contributed by atoms with Gasteiger partial charge in [0.1, 0.15) is 18.8 Å². The number of aromatic nitrogens is 2. The van der Waals surface area contributed by atoms with E-state index >= 15 is 0 Å². The minimum absolute atomic E-state index is 0.0456. The molecule has 0 amide bonds. The average molecular weight is 413 g/mol. The summed E-state index contributed by atoms with van der Waals surface area (Å²) < 4.78 is 31.0. The quantitative estimate of drug-likeness (QED) is 0.784. The van der Waals surface area contributed by atoms with E-state index in [2.05, 4.69) is 12.1 Å². The molecule has 1 fully saturated rings. The molecule has 0 saturated carbocycles. The predicted molar refractivity (Wildman–Crippen MR) is 106 cm³/mol. The average Bonchev–Trinajstić information content (AvgIpc) is 3.08. The van der Waals surface area contributed by atoms with Crippen molar-refractivity contribution in [2.75, 3.05) is 25.7 Å². The van der Waals surface area contributed by atoms with Gasteiger partial charge in [-0.15, -0.1) is 0 Å². The number of aryl methyl sites for hydroxylation is 1. The highest BCUT2D eigenvalue weighted by Gasteiger charge is 2.31. The Morgan fingerprint density at radius 2 is 2.07 bits per heavy atom. The van der Waals surface area contributed by atoms with Gasteiger partial charge in [0.2, 0.25) is 0 Å². The monoisotopic (exact) mass is 412 g/mol. The number of benzene rings is 1. The molecule has 1 unspecified atom stereocenters. The van der Waals surface area contributed by atoms with Crippen LogP contribution in [0.15, 0.2) is 18.2 Å². The number of quaternary nitrogens is 1. The van der Waals surface area contributed by atoms with Gasteiger partial charge in [0.25, 0.3) is 0 Å². The Kier molecular flexibility index (Phi) is 5.84. The number of nitrogens with zero attached hydrogens (tertiary/aromatic N) is 2. The third kappa shape index (κ3) is 4.47. The van der Waals surface area contributed by atoms with Crippen molar-refractivity contribution in [3.05, 3.63) is 45.7 Å². The molecule has 1 aliphatic rings. The van der Waals surface area contributed by atoms with Crippen molar-refractivity contribution in [2.24, 2.45) is 0 Å². The van der Waals surface area contributed by atoms with Gasteiger partial charge in [-0.1, -0.05) is 11.6 Å². The van der Waals surface area contributed by atoms with E-state index in [0.717, 1.165) is 35.8 Å². The molecule has 2 heterocycles. The van der Waals surface area contributed by atoms with Crippen molar-refractivity contribution in [1.29, 1.82) is 0 Å². The fourth-order valence-electron chi connectivity index (χ4n) is 3.85. The number of hydrogen-bond acceptors (Lipinski definition) is 4. The van der Waals surface area contributed by atoms with Gasteiger partial charge < -0.3 is 9.64 Å². The minimum Gasteiger partial charge on any atom is -0.496 e. The van der Waals surface area contributed by atoms with Crippen molar-refractivity contribution in [1.82, 2.24) is 9.78 Å². The SMILES string of the molecule is COc1ccc(Cl)cc1C[NH+](C)Cc1c(C)nn([C@@H]2CCS(=O)(=O)C2)c1C. The third-order valence-electron chi connectivity index (χ3n) is 5.24. The number of methoxy groups -OCH3 is 1. The second kappa shape index (κ2) is 7.81. The maximum absolute atomic E-state index is 11.8. The number of sulfone groups is 1. The summed E-state index contributed by atoms with van der Waals surface area (Å²) in [7, 11) is 0.852. The van der Waals surface area contributed by atoms with Crippen LogP contribution in [0.1, 0.15) is 35.0 Å². The van der Waals surface area contributed by atoms with Crippen LogP contribution in [0.5, 0.6) is 5.75 Å². The molecule has 1 aromatic heterocycles. The lowest BCUT2D eigenvalue weighted by atomic mass is 10.1. The van der Waals surface area contributed by atoms with Gasteiger partial charge >= 0.3 is 0 Å². The van der Waals surface area contributed by atoms with Crippen LogP contribution < -0.4 is 9.64 Å². The fraction of sp³-hybridized carbons (Fsp3) is 0.526. The van der Waals surface area contributed by atoms with Gasteiger partial charge in [-0.3, -0.25) is 4.68 Å². The molecule has 1 aromatic carbocycles. The Labute approximate surface area is 166 Å². The highest BCUT2D eigenvalue weighted by Crippen LogP contribution is 2.27. The topological polar surface area (TPSA) is 65.6 Å². The van der Waals surface area contributed by atoms with E-state index < -0.39 is 9.84 Å². The second-order valence-electron chi connectivity index (χ2n) is 7.42. The number of ether oxygens (including phenoxy) is 1. The Balaban J connectivity index is 1.77. The summed E-state index contributed by atoms with van der Waals surface area (Å²) in [6.07, 6.45) is 0.645. The molecule has 3 rings (SSSR count). The van der Waals surface area contributed by atoms with Crippen molar-refractivity contribution in [2.45, 2.75) is 39.4 Å². The summed E-state index contributed by atoms with van der Waals surface area (Å²) in [5.41, 5.74) is 4.27. The third-order valence-corrected chi connectivity index (χ3v) is 7.23. The normalized spacial score (nSPS) is 20.0. The number of rotatable bonds is 6. The molecule has 0 bridgehead atoms. The van der Waals surface area contributed by atoms with Crippen LogP contribution in [0.4, 0.5) is 0 Å². The first-order chi connectivity index (χ1) is 12.7. The molecule has 1 saturated heterocycles. The van der Waals surface area contributed by atoms with Crippen LogP contribution >= 0.6 is 11.6 Å². The molecule has 1 N–H and O–H groups in total. The first kappa shape index (κ1) is 20.2. The van der Waals surface area contributed by atoms with Gasteiger partial charge in [-0.25, -0.2) is 8.42 Å². The summed E-state index contributed by atoms with van der Waals surface area (Å²) >= 11 is 6.14. The van der Waals surface area contributed by atoms with E-state index in [9.17, 15) is 8.42 Å². The van der Waals surface area contributed by atoms with E-state index in [1.54, 1.807) is 7.11 Å². The van der Waals surface area contributed by atoms with E-state index in [1.807, 2.05) is 36.7 Å². The van der Waals surface area contributed by atoms with Gasteiger partial charge in [0.15, 0.2) is 9.84 Å². The Bertz CT molecular complexity index is 940. The largest absolute Gasteiger partial charge is 0.496 e. The van der Waals surface area contributed by atoms with Crippen LogP contribution in [-0.4, -0.2) is 43.9 Å². The highest BCUT2D eigenvalue weighted by atomic mass is 35.5. The van der Waals surface area contributed by atoms with Crippen molar-refractivity contribution in [3.63, 3.8) is 0 Å². The zero-order valence-electron chi connectivity index (χ0n) is 16.3. The van der Waals surface area contributed by atoms with Crippen LogP contribution in [0, 0.1) is 13.8 Å². The molecule has 0 radical (unpaired) electrons. The summed E-state index contributed by atoms with van der Waals surface area (Å²) in [6, 6.07) is 5.61. The van der Waals surface area contributed by atoms with Crippen LogP contribution in [0.2, 0.25) is 5.02 Å². The van der Waals surface area contributed by atoms with Gasteiger partial charge in [-0.2, -0.15) is 5.10 Å². The molecule has 6 nitrogen and oxygen atoms in total. The number of nitrogens with one attached hydrogen (secondary N) is 1. The fourth-order valence-corrected chi connectivity index (χ4v) is 5.74. The van der Waals surface area contributed by atoms with Crippen molar-refractivity contribution >= 4 is 21.4 Å². The maximum atomic E-state index is 11.8. The lowest BCUT2D eigenvalue weighted by Gasteiger charge is -2.17. The Morgan fingerprint density at radius 1 is 1.33 bits per heavy atom. The summed E-state index contributed by atoms with van der Waals surface area (Å²) in [5.74, 6) is 1.28. The Hall–Kier alpha value is -1.57. The van der Waals surface area contributed by atoms with Crippen molar-refractivity contribution < 1.29 is 18.1 Å². The van der Waals surface area contributed by atoms with E-state index in [0.29, 0.717) is 11.4 Å². The van der Waals surface area contributed by atoms with Gasteiger partial charge in [-0.05, 0) is 38.5 Å². The van der Waals surface area contributed by atoms with Crippen molar-refractivity contribution in [3.8, 4) is 5.75 Å². The molecule has 2 aromatic rings. The second-order valence-corrected chi connectivity index (χ2v) is 10.1. The standard InChI is InChI=1S/C19H26ClN3O3S/c1-13-18(14(2)23(21-13)17-7-8-27(24,25)12-17)11-22(3)10-15-9-16(20)5-6-19(15)26-4/h5-6,9,17H,7-8,10-12H2,1-4H3/p+1/t17-/m1/s1. The zero-order chi connectivity index (χ0) is 19.8. The maximum Gasteiger partial charge on any atom is 0.152 e. The lowest BCUT2D eigenvalue weighted by Crippen LogP contribution is -3.06. The first-order valence-corrected chi connectivity index (χ1v) is 11.3. The summed E-state index contributed by atoms with van der Waals surface area (Å²) in [5, 5.41) is 5.35. The molecular formula is C19H27ClN3O3S+. The van der Waals surface area contributed by atoms with Crippen LogP contribution in [0.3, 0.4) is 0 Å². The van der Waals surface area contributed by atoms with Gasteiger partial charge in [0, 0.05) is 16.3 Å². The zero-order valence-corrected chi connectivity index (χ0v) is 17.8. The molecule has 1 aliphatic heterocycles. The first-order valence-electron chi connectivity index (χ1n) is 9.09. The van der Waals surface area contributed by atoms with E-state index in [4.69, 9.17) is 16.3 Å². The molecule has 27 heavy (non-hydrogen) atoms. The molecule has 8 heteroatoms. The minimum atomic E-state index is -2.93. The highest BCUT2D eigenvalue weighted by molar-refractivity contribution is 7.91. The molecule has 0 spiro atoms. The number of hydrogen-bond donors (Lipinski definition) is 1. The smallest absolute Gasteiger partial charge is 0.152 e. The Morgan fingerprint density at radius 3 is 2.70 bits per heavy atom. The van der Waals surface area contributed by atoms with Crippen LogP contribution in [-0.2, 0) is 22.9 Å². The summed E-state index contributed by atoms with van der Waals surface area (Å²) in [6.45, 7) is 5.60. The molecule has 148 valence electrons. The molecular weight excluding hydrogens is 386 g/mol. The lowest BCUT2D eigenvalue weighted by molar-refractivity contribution is -0.907. The predicted octanol–water partition coefficient (Wildman–Crippen LogP) is 1.74. The van der Waals surface area contributed by atoms with Crippen LogP contribution in [0.25, 0.3) is 0 Å². The van der Waals surface area contributed by atoms with Gasteiger partial charge in [0.05, 0.1) is 43.0 Å². The van der Waals surface area contributed by atoms with E-state index in [1.165, 1.54) is 10.5 Å². The summed E-state index contributed by atoms with van der Waals surface area (Å²) in [4.78, 5) is 1.28.